The first-order chi connectivity index (χ1) is 16.3. The maximum atomic E-state index is 14.0. The monoisotopic (exact) mass is 490 g/mol. The van der Waals surface area contributed by atoms with Gasteiger partial charge in [0.05, 0.1) is 29.8 Å². The van der Waals surface area contributed by atoms with E-state index in [0.717, 1.165) is 28.7 Å². The zero-order valence-electron chi connectivity index (χ0n) is 18.9. The van der Waals surface area contributed by atoms with Crippen molar-refractivity contribution in [3.05, 3.63) is 58.5 Å². The number of aromatic nitrogens is 1. The molecule has 0 saturated heterocycles. The number of carbonyl (C=O) groups is 1. The second kappa shape index (κ2) is 9.99. The number of fused-ring (bicyclic) bond motifs is 1. The van der Waals surface area contributed by atoms with Crippen molar-refractivity contribution in [2.24, 2.45) is 0 Å². The van der Waals surface area contributed by atoms with Gasteiger partial charge in [-0.15, -0.1) is 0 Å². The first-order valence-corrected chi connectivity index (χ1v) is 11.2. The molecular weight excluding hydrogens is 466 g/mol. The number of nitrogen functional groups attached to an aromatic ring is 1. The summed E-state index contributed by atoms with van der Waals surface area (Å²) < 4.78 is 39.3. The molecule has 0 bridgehead atoms. The molecule has 1 aliphatic heterocycles. The van der Waals surface area contributed by atoms with Crippen LogP contribution in [0.1, 0.15) is 17.5 Å². The minimum atomic E-state index is -0.695. The number of halogens is 3. The summed E-state index contributed by atoms with van der Waals surface area (Å²) >= 11 is 5.89. The predicted octanol–water partition coefficient (Wildman–Crippen LogP) is 4.14. The molecule has 1 aliphatic rings. The van der Waals surface area contributed by atoms with Crippen molar-refractivity contribution in [1.29, 1.82) is 0 Å². The van der Waals surface area contributed by atoms with Crippen LogP contribution in [0.5, 0.6) is 5.75 Å². The number of likely N-dealkylation sites (N-methyl/N-ethyl adjacent to an activating group) is 1. The highest BCUT2D eigenvalue weighted by Gasteiger charge is 2.22. The van der Waals surface area contributed by atoms with E-state index in [9.17, 15) is 13.6 Å². The molecule has 2 aromatic heterocycles. The van der Waals surface area contributed by atoms with Crippen LogP contribution in [0, 0.1) is 11.6 Å². The largest absolute Gasteiger partial charge is 0.486 e. The van der Waals surface area contributed by atoms with Crippen LogP contribution in [0.25, 0.3) is 16.5 Å². The molecule has 4 rings (SSSR count). The van der Waals surface area contributed by atoms with E-state index in [-0.39, 0.29) is 41.1 Å². The number of rotatable bonds is 7. The third kappa shape index (κ3) is 4.85. The molecule has 0 radical (unpaired) electrons. The highest BCUT2D eigenvalue weighted by Crippen LogP contribution is 2.37. The third-order valence-corrected chi connectivity index (χ3v) is 6.11. The van der Waals surface area contributed by atoms with Gasteiger partial charge in [-0.05, 0) is 38.2 Å². The van der Waals surface area contributed by atoms with Gasteiger partial charge in [-0.3, -0.25) is 4.79 Å². The fourth-order valence-electron chi connectivity index (χ4n) is 3.93. The zero-order valence-corrected chi connectivity index (χ0v) is 19.7. The van der Waals surface area contributed by atoms with E-state index in [2.05, 4.69) is 4.98 Å². The van der Waals surface area contributed by atoms with Gasteiger partial charge in [0.2, 0.25) is 11.7 Å². The van der Waals surface area contributed by atoms with Crippen molar-refractivity contribution in [3.8, 4) is 5.75 Å². The lowest BCUT2D eigenvalue weighted by molar-refractivity contribution is -0.131. The van der Waals surface area contributed by atoms with E-state index in [1.807, 2.05) is 30.0 Å². The summed E-state index contributed by atoms with van der Waals surface area (Å²) in [5.41, 5.74) is 8.35. The van der Waals surface area contributed by atoms with Crippen LogP contribution in [0.4, 0.5) is 14.6 Å². The maximum absolute atomic E-state index is 14.0. The number of ether oxygens (including phenoxy) is 1. The van der Waals surface area contributed by atoms with E-state index >= 15 is 0 Å². The molecule has 0 fully saturated rings. The second-order valence-corrected chi connectivity index (χ2v) is 8.72. The topological polar surface area (TPSA) is 84.8 Å². The normalized spacial score (nSPS) is 14.1. The van der Waals surface area contributed by atoms with Crippen molar-refractivity contribution < 1.29 is 22.7 Å². The molecule has 2 N–H and O–H groups in total. The number of nitrogens with two attached hydrogens (primary N) is 1. The van der Waals surface area contributed by atoms with Crippen molar-refractivity contribution in [2.75, 3.05) is 46.1 Å². The molecule has 0 atom stereocenters. The first-order valence-electron chi connectivity index (χ1n) is 10.8. The molecular formula is C24H25ClF2N4O3. The Morgan fingerprint density at radius 2 is 2.09 bits per heavy atom. The minimum Gasteiger partial charge on any atom is -0.486 e. The molecule has 10 heteroatoms. The number of hydrogen-bond donors (Lipinski definition) is 1. The van der Waals surface area contributed by atoms with Gasteiger partial charge in [0.15, 0.2) is 11.4 Å². The van der Waals surface area contributed by atoms with Gasteiger partial charge in [0.1, 0.15) is 11.6 Å². The quantitative estimate of drug-likeness (QED) is 0.501. The van der Waals surface area contributed by atoms with Crippen LogP contribution in [0.15, 0.2) is 35.1 Å². The molecule has 3 heterocycles. The number of anilines is 1. The lowest BCUT2D eigenvalue weighted by Gasteiger charge is -2.27. The molecule has 7 nitrogen and oxygen atoms in total. The molecule has 0 saturated carbocycles. The lowest BCUT2D eigenvalue weighted by atomic mass is 9.99. The summed E-state index contributed by atoms with van der Waals surface area (Å²) in [6.45, 7) is 1.48. The smallest absolute Gasteiger partial charge is 0.237 e. The van der Waals surface area contributed by atoms with E-state index < -0.39 is 11.6 Å². The Balaban J connectivity index is 1.51. The molecule has 3 aromatic rings. The number of hydrogen-bond acceptors (Lipinski definition) is 6. The second-order valence-electron chi connectivity index (χ2n) is 8.34. The lowest BCUT2D eigenvalue weighted by Crippen LogP contribution is -2.40. The first kappa shape index (κ1) is 24.0. The van der Waals surface area contributed by atoms with E-state index in [0.29, 0.717) is 31.6 Å². The Kier molecular flexibility index (Phi) is 7.04. The molecule has 0 spiro atoms. The van der Waals surface area contributed by atoms with Crippen LogP contribution >= 0.6 is 11.6 Å². The van der Waals surface area contributed by atoms with E-state index in [1.54, 1.807) is 12.5 Å². The molecule has 180 valence electrons. The Hall–Kier alpha value is -3.17. The standard InChI is InChI=1S/C24H25ClF2N4O3/c1-30(2)12-20(32)31-8-5-14(6-9-31)17-13-34-22-16(17)11-29-24(28)23(22)33-10-7-15-18(26)3-4-19(27)21(15)25/h3-5,11,13H,6-10,12H2,1-2H3,(H2,28,29). The fourth-order valence-corrected chi connectivity index (χ4v) is 4.18. The Morgan fingerprint density at radius 1 is 1.32 bits per heavy atom. The number of furan rings is 1. The molecule has 1 amide bonds. The number of nitrogens with zero attached hydrogens (tertiary/aromatic N) is 3. The van der Waals surface area contributed by atoms with Gasteiger partial charge >= 0.3 is 0 Å². The average molecular weight is 491 g/mol. The predicted molar refractivity (Wildman–Crippen MR) is 127 cm³/mol. The molecule has 34 heavy (non-hydrogen) atoms. The molecule has 0 unspecified atom stereocenters. The summed E-state index contributed by atoms with van der Waals surface area (Å²) in [7, 11) is 3.73. The average Bonchev–Trinajstić information content (AvgIpc) is 3.24. The van der Waals surface area contributed by atoms with Crippen LogP contribution in [-0.2, 0) is 11.2 Å². The van der Waals surface area contributed by atoms with Crippen molar-refractivity contribution in [2.45, 2.75) is 12.8 Å². The van der Waals surface area contributed by atoms with Crippen LogP contribution in [0.3, 0.4) is 0 Å². The number of carbonyl (C=O) groups excluding carboxylic acids is 1. The Morgan fingerprint density at radius 3 is 2.79 bits per heavy atom. The highest BCUT2D eigenvalue weighted by molar-refractivity contribution is 6.31. The molecule has 0 aliphatic carbocycles. The van der Waals surface area contributed by atoms with Crippen LogP contribution < -0.4 is 10.5 Å². The Labute approximate surface area is 200 Å². The maximum Gasteiger partial charge on any atom is 0.237 e. The summed E-state index contributed by atoms with van der Waals surface area (Å²) in [6.07, 6.45) is 5.95. The van der Waals surface area contributed by atoms with Crippen molar-refractivity contribution >= 4 is 39.9 Å². The van der Waals surface area contributed by atoms with Gasteiger partial charge < -0.3 is 24.7 Å². The van der Waals surface area contributed by atoms with Gasteiger partial charge in [-0.1, -0.05) is 17.7 Å². The van der Waals surface area contributed by atoms with Crippen molar-refractivity contribution in [1.82, 2.24) is 14.8 Å². The highest BCUT2D eigenvalue weighted by atomic mass is 35.5. The fraction of sp³-hybridized carbons (Fsp3) is 0.333. The van der Waals surface area contributed by atoms with E-state index in [1.165, 1.54) is 0 Å². The third-order valence-electron chi connectivity index (χ3n) is 5.70. The summed E-state index contributed by atoms with van der Waals surface area (Å²) in [4.78, 5) is 20.2. The minimum absolute atomic E-state index is 0.00718. The van der Waals surface area contributed by atoms with Crippen LogP contribution in [0.2, 0.25) is 5.02 Å². The SMILES string of the molecule is CN(C)CC(=O)N1CC=C(c2coc3c(OCCc4c(F)ccc(F)c4Cl)c(N)ncc23)CC1. The zero-order chi connectivity index (χ0) is 24.4. The number of pyridine rings is 1. The van der Waals surface area contributed by atoms with Gasteiger partial charge in [-0.25, -0.2) is 13.8 Å². The summed E-state index contributed by atoms with van der Waals surface area (Å²) in [5.74, 6) is -0.868. The summed E-state index contributed by atoms with van der Waals surface area (Å²) in [6, 6.07) is 2.01. The number of benzene rings is 1. The number of amides is 1. The van der Waals surface area contributed by atoms with Crippen LogP contribution in [-0.4, -0.2) is 61.0 Å². The Bertz CT molecular complexity index is 1260. The summed E-state index contributed by atoms with van der Waals surface area (Å²) in [5, 5.41) is 0.453. The van der Waals surface area contributed by atoms with Gasteiger partial charge in [-0.2, -0.15) is 0 Å². The molecule has 1 aromatic carbocycles. The van der Waals surface area contributed by atoms with E-state index in [4.69, 9.17) is 26.5 Å². The van der Waals surface area contributed by atoms with Gasteiger partial charge in [0, 0.05) is 36.8 Å². The van der Waals surface area contributed by atoms with Gasteiger partial charge in [0.25, 0.3) is 0 Å². The van der Waals surface area contributed by atoms with Crippen molar-refractivity contribution in [3.63, 3.8) is 0 Å².